The van der Waals surface area contributed by atoms with Crippen LogP contribution < -0.4 is 15.0 Å². The molecule has 0 atom stereocenters. The van der Waals surface area contributed by atoms with Crippen LogP contribution in [0.3, 0.4) is 0 Å². The number of ether oxygens (including phenoxy) is 1. The predicted molar refractivity (Wildman–Crippen MR) is 109 cm³/mol. The second-order valence-corrected chi connectivity index (χ2v) is 8.40. The molecule has 0 bridgehead atoms. The molecule has 2 aliphatic rings. The summed E-state index contributed by atoms with van der Waals surface area (Å²) in [5.41, 5.74) is 6.30. The van der Waals surface area contributed by atoms with E-state index in [2.05, 4.69) is 55.4 Å². The third kappa shape index (κ3) is 3.30. The first kappa shape index (κ1) is 17.7. The van der Waals surface area contributed by atoms with Gasteiger partial charge in [-0.05, 0) is 93.6 Å². The maximum absolute atomic E-state index is 6.65. The second-order valence-electron chi connectivity index (χ2n) is 8.00. The zero-order valence-electron chi connectivity index (χ0n) is 15.9. The number of benzene rings is 2. The van der Waals surface area contributed by atoms with Crippen LogP contribution in [0.1, 0.15) is 37.0 Å². The number of aryl methyl sites for hydroxylation is 1. The van der Waals surface area contributed by atoms with Crippen molar-refractivity contribution in [3.63, 3.8) is 0 Å². The van der Waals surface area contributed by atoms with Crippen molar-refractivity contribution in [1.82, 2.24) is 5.32 Å². The van der Waals surface area contributed by atoms with Gasteiger partial charge in [0.15, 0.2) is 0 Å². The molecular weight excluding hydrogens is 344 g/mol. The van der Waals surface area contributed by atoms with E-state index < -0.39 is 0 Å². The van der Waals surface area contributed by atoms with E-state index in [1.54, 1.807) is 0 Å². The standard InChI is InChI=1S/C22H27ClN2O/c1-22(2)11-8-16-14-17(5-7-20(16)26-22)25(3)21-18-10-13-24-12-9-15(18)4-6-19(21)23/h4-7,14,24H,8-13H2,1-3H3. The van der Waals surface area contributed by atoms with Crippen LogP contribution in [-0.4, -0.2) is 25.7 Å². The summed E-state index contributed by atoms with van der Waals surface area (Å²) in [7, 11) is 2.12. The molecule has 2 heterocycles. The van der Waals surface area contributed by atoms with Gasteiger partial charge in [-0.25, -0.2) is 0 Å². The Morgan fingerprint density at radius 3 is 2.69 bits per heavy atom. The maximum Gasteiger partial charge on any atom is 0.123 e. The molecule has 0 aliphatic carbocycles. The van der Waals surface area contributed by atoms with Crippen LogP contribution in [0.15, 0.2) is 30.3 Å². The Kier molecular flexibility index (Phi) is 4.62. The molecule has 3 nitrogen and oxygen atoms in total. The van der Waals surface area contributed by atoms with Gasteiger partial charge in [0.2, 0.25) is 0 Å². The molecule has 2 aliphatic heterocycles. The lowest BCUT2D eigenvalue weighted by Gasteiger charge is -2.33. The molecule has 4 rings (SSSR count). The number of rotatable bonds is 2. The fourth-order valence-corrected chi connectivity index (χ4v) is 4.37. The SMILES string of the molecule is CN(c1ccc2c(c1)CCC(C)(C)O2)c1c(Cl)ccc2c1CCNCC2. The molecule has 0 amide bonds. The molecule has 0 saturated carbocycles. The van der Waals surface area contributed by atoms with Gasteiger partial charge in [0.05, 0.1) is 10.7 Å². The zero-order valence-corrected chi connectivity index (χ0v) is 16.6. The van der Waals surface area contributed by atoms with E-state index in [1.165, 1.54) is 22.4 Å². The lowest BCUT2D eigenvalue weighted by atomic mass is 9.94. The molecule has 2 aromatic rings. The minimum atomic E-state index is -0.0759. The molecule has 2 aromatic carbocycles. The van der Waals surface area contributed by atoms with Crippen molar-refractivity contribution in [1.29, 1.82) is 0 Å². The van der Waals surface area contributed by atoms with Crippen molar-refractivity contribution in [2.24, 2.45) is 0 Å². The smallest absolute Gasteiger partial charge is 0.123 e. The topological polar surface area (TPSA) is 24.5 Å². The normalized spacial score (nSPS) is 18.3. The summed E-state index contributed by atoms with van der Waals surface area (Å²) in [4.78, 5) is 2.24. The Labute approximate surface area is 161 Å². The number of halogens is 1. The van der Waals surface area contributed by atoms with E-state index in [0.717, 1.165) is 55.2 Å². The summed E-state index contributed by atoms with van der Waals surface area (Å²) in [5, 5.41) is 4.31. The van der Waals surface area contributed by atoms with E-state index in [4.69, 9.17) is 16.3 Å². The van der Waals surface area contributed by atoms with Crippen molar-refractivity contribution in [2.75, 3.05) is 25.0 Å². The first-order valence-corrected chi connectivity index (χ1v) is 9.89. The van der Waals surface area contributed by atoms with Gasteiger partial charge in [-0.1, -0.05) is 17.7 Å². The van der Waals surface area contributed by atoms with Crippen LogP contribution in [-0.2, 0) is 19.3 Å². The number of nitrogens with one attached hydrogen (secondary N) is 1. The Morgan fingerprint density at radius 2 is 1.85 bits per heavy atom. The molecule has 0 saturated heterocycles. The van der Waals surface area contributed by atoms with Crippen LogP contribution >= 0.6 is 11.6 Å². The second kappa shape index (κ2) is 6.79. The van der Waals surface area contributed by atoms with Crippen LogP contribution in [0.2, 0.25) is 5.02 Å². The Hall–Kier alpha value is -1.71. The fourth-order valence-electron chi connectivity index (χ4n) is 4.07. The van der Waals surface area contributed by atoms with Crippen molar-refractivity contribution < 1.29 is 4.74 Å². The van der Waals surface area contributed by atoms with Gasteiger partial charge in [0.25, 0.3) is 0 Å². The van der Waals surface area contributed by atoms with Gasteiger partial charge in [-0.15, -0.1) is 0 Å². The summed E-state index contributed by atoms with van der Waals surface area (Å²) in [6.45, 7) is 6.34. The van der Waals surface area contributed by atoms with Crippen molar-refractivity contribution in [2.45, 2.75) is 45.1 Å². The molecule has 26 heavy (non-hydrogen) atoms. The lowest BCUT2D eigenvalue weighted by molar-refractivity contribution is 0.0847. The molecule has 4 heteroatoms. The zero-order chi connectivity index (χ0) is 18.3. The minimum absolute atomic E-state index is 0.0759. The quantitative estimate of drug-likeness (QED) is 0.813. The highest BCUT2D eigenvalue weighted by Crippen LogP contribution is 2.40. The molecule has 0 radical (unpaired) electrons. The Balaban J connectivity index is 1.72. The average Bonchev–Trinajstić information content (AvgIpc) is 2.85. The number of hydrogen-bond acceptors (Lipinski definition) is 3. The lowest BCUT2D eigenvalue weighted by Crippen LogP contribution is -2.32. The maximum atomic E-state index is 6.65. The highest BCUT2D eigenvalue weighted by molar-refractivity contribution is 6.33. The fraction of sp³-hybridized carbons (Fsp3) is 0.455. The van der Waals surface area contributed by atoms with Crippen molar-refractivity contribution in [3.05, 3.63) is 52.0 Å². The Bertz CT molecular complexity index is 831. The number of hydrogen-bond donors (Lipinski definition) is 1. The van der Waals surface area contributed by atoms with E-state index in [0.29, 0.717) is 0 Å². The minimum Gasteiger partial charge on any atom is -0.488 e. The van der Waals surface area contributed by atoms with Gasteiger partial charge in [-0.2, -0.15) is 0 Å². The molecule has 0 spiro atoms. The van der Waals surface area contributed by atoms with E-state index in [-0.39, 0.29) is 5.60 Å². The largest absolute Gasteiger partial charge is 0.488 e. The summed E-state index contributed by atoms with van der Waals surface area (Å²) >= 11 is 6.65. The summed E-state index contributed by atoms with van der Waals surface area (Å²) in [6.07, 6.45) is 4.16. The molecule has 0 aromatic heterocycles. The van der Waals surface area contributed by atoms with E-state index in [1.807, 2.05) is 6.07 Å². The summed E-state index contributed by atoms with van der Waals surface area (Å²) in [6, 6.07) is 10.7. The third-order valence-electron chi connectivity index (χ3n) is 5.60. The average molecular weight is 371 g/mol. The van der Waals surface area contributed by atoms with Gasteiger partial charge in [0, 0.05) is 12.7 Å². The molecule has 138 valence electrons. The van der Waals surface area contributed by atoms with Crippen molar-refractivity contribution in [3.8, 4) is 5.75 Å². The van der Waals surface area contributed by atoms with Gasteiger partial charge >= 0.3 is 0 Å². The van der Waals surface area contributed by atoms with Gasteiger partial charge < -0.3 is 15.0 Å². The number of anilines is 2. The van der Waals surface area contributed by atoms with E-state index >= 15 is 0 Å². The van der Waals surface area contributed by atoms with Crippen LogP contribution in [0.25, 0.3) is 0 Å². The van der Waals surface area contributed by atoms with Gasteiger partial charge in [0.1, 0.15) is 11.4 Å². The summed E-state index contributed by atoms with van der Waals surface area (Å²) < 4.78 is 6.14. The first-order valence-electron chi connectivity index (χ1n) is 9.51. The number of nitrogens with zero attached hydrogens (tertiary/aromatic N) is 1. The number of fused-ring (bicyclic) bond motifs is 2. The summed E-state index contributed by atoms with van der Waals surface area (Å²) in [5.74, 6) is 1.01. The highest BCUT2D eigenvalue weighted by Gasteiger charge is 2.27. The van der Waals surface area contributed by atoms with Crippen molar-refractivity contribution >= 4 is 23.0 Å². The first-order chi connectivity index (χ1) is 12.4. The third-order valence-corrected chi connectivity index (χ3v) is 5.91. The van der Waals surface area contributed by atoms with Crippen LogP contribution in [0.4, 0.5) is 11.4 Å². The van der Waals surface area contributed by atoms with Crippen LogP contribution in [0, 0.1) is 0 Å². The Morgan fingerprint density at radius 1 is 1.04 bits per heavy atom. The van der Waals surface area contributed by atoms with E-state index in [9.17, 15) is 0 Å². The highest BCUT2D eigenvalue weighted by atomic mass is 35.5. The molecular formula is C22H27ClN2O. The van der Waals surface area contributed by atoms with Gasteiger partial charge in [-0.3, -0.25) is 0 Å². The predicted octanol–water partition coefficient (Wildman–Crippen LogP) is 4.90. The molecule has 1 N–H and O–H groups in total. The van der Waals surface area contributed by atoms with Crippen LogP contribution in [0.5, 0.6) is 5.75 Å². The monoisotopic (exact) mass is 370 g/mol. The molecule has 0 fully saturated rings. The molecule has 0 unspecified atom stereocenters.